The molecule has 0 atom stereocenters. The molecule has 21 heavy (non-hydrogen) atoms. The second-order valence-corrected chi connectivity index (χ2v) is 5.72. The van der Waals surface area contributed by atoms with E-state index >= 15 is 0 Å². The van der Waals surface area contributed by atoms with Crippen LogP contribution < -0.4 is 5.32 Å². The molecular formula is C17H22N4. The summed E-state index contributed by atoms with van der Waals surface area (Å²) < 4.78 is 4.55. The zero-order valence-electron chi connectivity index (χ0n) is 12.9. The Kier molecular flexibility index (Phi) is 3.80. The van der Waals surface area contributed by atoms with Crippen LogP contribution in [0, 0.1) is 0 Å². The van der Waals surface area contributed by atoms with Gasteiger partial charge in [-0.2, -0.15) is 0 Å². The Labute approximate surface area is 125 Å². The summed E-state index contributed by atoms with van der Waals surface area (Å²) in [5.41, 5.74) is 3.85. The number of hydrogen-bond acceptors (Lipinski definition) is 2. The zero-order chi connectivity index (χ0) is 14.8. The molecule has 1 N–H and O–H groups in total. The van der Waals surface area contributed by atoms with Gasteiger partial charge in [0.05, 0.1) is 18.6 Å². The lowest BCUT2D eigenvalue weighted by Gasteiger charge is -2.12. The molecule has 0 spiro atoms. The van der Waals surface area contributed by atoms with Crippen LogP contribution in [0.4, 0.5) is 0 Å². The number of nitrogens with zero attached hydrogens (tertiary/aromatic N) is 3. The van der Waals surface area contributed by atoms with Gasteiger partial charge >= 0.3 is 0 Å². The van der Waals surface area contributed by atoms with Crippen molar-refractivity contribution in [3.8, 4) is 0 Å². The van der Waals surface area contributed by atoms with Crippen LogP contribution in [0.5, 0.6) is 0 Å². The van der Waals surface area contributed by atoms with Crippen LogP contribution in [0.1, 0.15) is 31.1 Å². The molecule has 0 aliphatic heterocycles. The van der Waals surface area contributed by atoms with Gasteiger partial charge in [0.15, 0.2) is 0 Å². The summed E-state index contributed by atoms with van der Waals surface area (Å²) in [6, 6.07) is 9.01. The number of nitrogens with one attached hydrogen (secondary N) is 1. The lowest BCUT2D eigenvalue weighted by Crippen LogP contribution is -2.08. The fourth-order valence-corrected chi connectivity index (χ4v) is 2.88. The molecule has 2 aromatic heterocycles. The Morgan fingerprint density at radius 1 is 1.24 bits per heavy atom. The normalized spacial score (nSPS) is 11.6. The highest BCUT2D eigenvalue weighted by Gasteiger charge is 2.11. The lowest BCUT2D eigenvalue weighted by molar-refractivity contribution is 0.563. The zero-order valence-corrected chi connectivity index (χ0v) is 12.9. The Morgan fingerprint density at radius 2 is 2.05 bits per heavy atom. The van der Waals surface area contributed by atoms with E-state index in [-0.39, 0.29) is 0 Å². The highest BCUT2D eigenvalue weighted by molar-refractivity contribution is 5.84. The molecule has 0 radical (unpaired) electrons. The number of imidazole rings is 1. The number of rotatable bonds is 5. The monoisotopic (exact) mass is 282 g/mol. The van der Waals surface area contributed by atoms with E-state index in [4.69, 9.17) is 0 Å². The molecule has 0 saturated carbocycles. The molecule has 0 aliphatic carbocycles. The molecular weight excluding hydrogens is 260 g/mol. The maximum Gasteiger partial charge on any atom is 0.0951 e. The fourth-order valence-electron chi connectivity index (χ4n) is 2.88. The predicted molar refractivity (Wildman–Crippen MR) is 86.4 cm³/mol. The van der Waals surface area contributed by atoms with Crippen LogP contribution in [0.25, 0.3) is 10.9 Å². The third-order valence-corrected chi connectivity index (χ3v) is 3.87. The van der Waals surface area contributed by atoms with Gasteiger partial charge in [0, 0.05) is 35.9 Å². The number of hydrogen-bond donors (Lipinski definition) is 1. The summed E-state index contributed by atoms with van der Waals surface area (Å²) in [6.07, 6.45) is 6.13. The molecule has 3 aromatic rings. The SMILES string of the molecule is CNCc1cn(Cc2cncn2C(C)C)c2ccccc12. The minimum absolute atomic E-state index is 0.432. The van der Waals surface area contributed by atoms with Crippen LogP contribution in [-0.2, 0) is 13.1 Å². The smallest absolute Gasteiger partial charge is 0.0951 e. The average molecular weight is 282 g/mol. The molecule has 4 heteroatoms. The largest absolute Gasteiger partial charge is 0.341 e. The molecule has 0 aliphatic rings. The van der Waals surface area contributed by atoms with Crippen molar-refractivity contribution in [3.63, 3.8) is 0 Å². The van der Waals surface area contributed by atoms with Gasteiger partial charge in [0.25, 0.3) is 0 Å². The minimum Gasteiger partial charge on any atom is -0.341 e. The Balaban J connectivity index is 2.02. The molecule has 4 nitrogen and oxygen atoms in total. The number of fused-ring (bicyclic) bond motifs is 1. The van der Waals surface area contributed by atoms with Gasteiger partial charge in [-0.3, -0.25) is 0 Å². The van der Waals surface area contributed by atoms with Gasteiger partial charge in [0.1, 0.15) is 0 Å². The quantitative estimate of drug-likeness (QED) is 0.780. The van der Waals surface area contributed by atoms with E-state index in [0.29, 0.717) is 6.04 Å². The summed E-state index contributed by atoms with van der Waals surface area (Å²) in [5, 5.41) is 4.57. The first-order chi connectivity index (χ1) is 10.2. The van der Waals surface area contributed by atoms with Crippen molar-refractivity contribution in [1.29, 1.82) is 0 Å². The van der Waals surface area contributed by atoms with Gasteiger partial charge in [-0.05, 0) is 32.5 Å². The van der Waals surface area contributed by atoms with Crippen molar-refractivity contribution in [1.82, 2.24) is 19.4 Å². The predicted octanol–water partition coefficient (Wildman–Crippen LogP) is 3.19. The molecule has 110 valence electrons. The first kappa shape index (κ1) is 13.9. The maximum absolute atomic E-state index is 4.30. The summed E-state index contributed by atoms with van der Waals surface area (Å²) in [6.45, 7) is 6.11. The van der Waals surface area contributed by atoms with Gasteiger partial charge in [-0.25, -0.2) is 4.98 Å². The molecule has 0 bridgehead atoms. The second-order valence-electron chi connectivity index (χ2n) is 5.72. The van der Waals surface area contributed by atoms with Gasteiger partial charge in [-0.15, -0.1) is 0 Å². The highest BCUT2D eigenvalue weighted by atomic mass is 15.1. The van der Waals surface area contributed by atoms with Crippen LogP contribution in [0.2, 0.25) is 0 Å². The van der Waals surface area contributed by atoms with Gasteiger partial charge < -0.3 is 14.5 Å². The molecule has 3 rings (SSSR count). The second kappa shape index (κ2) is 5.74. The van der Waals surface area contributed by atoms with Crippen molar-refractivity contribution in [2.24, 2.45) is 0 Å². The summed E-state index contributed by atoms with van der Waals surface area (Å²) in [7, 11) is 1.99. The van der Waals surface area contributed by atoms with E-state index in [9.17, 15) is 0 Å². The minimum atomic E-state index is 0.432. The first-order valence-electron chi connectivity index (χ1n) is 7.42. The topological polar surface area (TPSA) is 34.8 Å². The van der Waals surface area contributed by atoms with Gasteiger partial charge in [-0.1, -0.05) is 18.2 Å². The van der Waals surface area contributed by atoms with E-state index in [1.807, 2.05) is 19.6 Å². The standard InChI is InChI=1S/C17H22N4/c1-13(2)21-12-19-9-15(21)11-20-10-14(8-18-3)16-6-4-5-7-17(16)20/h4-7,9-10,12-13,18H,8,11H2,1-3H3. The Bertz CT molecular complexity index is 736. The van der Waals surface area contributed by atoms with Crippen LogP contribution in [-0.4, -0.2) is 21.2 Å². The Morgan fingerprint density at radius 3 is 2.81 bits per heavy atom. The highest BCUT2D eigenvalue weighted by Crippen LogP contribution is 2.22. The summed E-state index contributed by atoms with van der Waals surface area (Å²) >= 11 is 0. The third kappa shape index (κ3) is 2.59. The number of aromatic nitrogens is 3. The molecule has 2 heterocycles. The summed E-state index contributed by atoms with van der Waals surface area (Å²) in [5.74, 6) is 0. The Hall–Kier alpha value is -2.07. The first-order valence-corrected chi connectivity index (χ1v) is 7.42. The maximum atomic E-state index is 4.30. The van der Waals surface area contributed by atoms with Crippen LogP contribution in [0.15, 0.2) is 43.0 Å². The molecule has 0 amide bonds. The van der Waals surface area contributed by atoms with Crippen molar-refractivity contribution in [2.75, 3.05) is 7.05 Å². The van der Waals surface area contributed by atoms with E-state index < -0.39 is 0 Å². The van der Waals surface area contributed by atoms with E-state index in [1.165, 1.54) is 22.2 Å². The molecule has 0 unspecified atom stereocenters. The van der Waals surface area contributed by atoms with E-state index in [1.54, 1.807) is 0 Å². The molecule has 1 aromatic carbocycles. The van der Waals surface area contributed by atoms with Crippen molar-refractivity contribution in [2.45, 2.75) is 33.0 Å². The summed E-state index contributed by atoms with van der Waals surface area (Å²) in [4.78, 5) is 4.30. The van der Waals surface area contributed by atoms with Crippen molar-refractivity contribution in [3.05, 3.63) is 54.2 Å². The van der Waals surface area contributed by atoms with E-state index in [2.05, 4.69) is 63.7 Å². The van der Waals surface area contributed by atoms with Crippen molar-refractivity contribution < 1.29 is 0 Å². The van der Waals surface area contributed by atoms with Crippen molar-refractivity contribution >= 4 is 10.9 Å². The number of para-hydroxylation sites is 1. The average Bonchev–Trinajstić information content (AvgIpc) is 3.06. The van der Waals surface area contributed by atoms with E-state index in [0.717, 1.165) is 13.1 Å². The fraction of sp³-hybridized carbons (Fsp3) is 0.353. The third-order valence-electron chi connectivity index (χ3n) is 3.87. The lowest BCUT2D eigenvalue weighted by atomic mass is 10.2. The van der Waals surface area contributed by atoms with Crippen LogP contribution in [0.3, 0.4) is 0 Å². The van der Waals surface area contributed by atoms with Gasteiger partial charge in [0.2, 0.25) is 0 Å². The van der Waals surface area contributed by atoms with Crippen LogP contribution >= 0.6 is 0 Å². The molecule has 0 fully saturated rings. The number of benzene rings is 1. The molecule has 0 saturated heterocycles.